The summed E-state index contributed by atoms with van der Waals surface area (Å²) < 4.78 is 16.7. The third-order valence-corrected chi connectivity index (χ3v) is 10.8. The largest absolute Gasteiger partial charge is 0.462 e. The molecule has 6 heteroatoms. The number of hydrogen-bond acceptors (Lipinski definition) is 6. The number of unbranched alkanes of at least 4 members (excludes halogenated alkanes) is 12. The Hall–Kier alpha value is -4.71. The second-order valence-corrected chi connectivity index (χ2v) is 17.4. The van der Waals surface area contributed by atoms with E-state index in [1.165, 1.54) is 44.9 Å². The van der Waals surface area contributed by atoms with E-state index < -0.39 is 6.10 Å². The summed E-state index contributed by atoms with van der Waals surface area (Å²) in [5.74, 6) is -1.08. The van der Waals surface area contributed by atoms with Crippen molar-refractivity contribution in [1.29, 1.82) is 0 Å². The van der Waals surface area contributed by atoms with Gasteiger partial charge in [-0.1, -0.05) is 212 Å². The Morgan fingerprint density at radius 3 is 0.928 bits per heavy atom. The van der Waals surface area contributed by atoms with Crippen molar-refractivity contribution in [3.63, 3.8) is 0 Å². The van der Waals surface area contributed by atoms with E-state index in [9.17, 15) is 14.4 Å². The Morgan fingerprint density at radius 2 is 0.580 bits per heavy atom. The molecule has 0 fully saturated rings. The summed E-state index contributed by atoms with van der Waals surface area (Å²) in [6.45, 7) is 6.27. The standard InChI is InChI=1S/C63H98O6/c1-4-7-10-13-16-19-22-25-28-31-34-37-40-43-46-49-52-55-61(64)67-58-60(69-63(66)57-54-51-48-45-42-39-36-33-30-27-24-21-18-15-12-9-6-3)59-68-62(65)56-53-50-47-44-41-38-35-32-29-26-23-20-17-14-11-8-5-2/h7,9-10,12,16,18-19,21,25-30,34-39,43-44,46-47,60H,4-6,8,11,13-15,17,20,22-24,31-33,40-42,45,48-59H2,1-3H3/b10-7-,12-9-,19-16-,21-18-,28-25-,29-26-,30-27-,37-34-,38-35-,39-36-,46-43-,47-44-/t60-/m1/s1. The Bertz CT molecular complexity index is 1560. The monoisotopic (exact) mass is 951 g/mol. The van der Waals surface area contributed by atoms with Crippen molar-refractivity contribution in [1.82, 2.24) is 0 Å². The highest BCUT2D eigenvalue weighted by molar-refractivity contribution is 5.71. The Labute approximate surface area is 423 Å². The van der Waals surface area contributed by atoms with E-state index >= 15 is 0 Å². The van der Waals surface area contributed by atoms with Crippen LogP contribution in [0.4, 0.5) is 0 Å². The summed E-state index contributed by atoms with van der Waals surface area (Å²) in [6, 6.07) is 0. The van der Waals surface area contributed by atoms with E-state index in [1.54, 1.807) is 0 Å². The van der Waals surface area contributed by atoms with E-state index in [0.717, 1.165) is 116 Å². The number of esters is 3. The molecule has 0 unspecified atom stereocenters. The van der Waals surface area contributed by atoms with Crippen LogP contribution in [-0.4, -0.2) is 37.2 Å². The molecule has 0 radical (unpaired) electrons. The molecule has 0 spiro atoms. The van der Waals surface area contributed by atoms with Gasteiger partial charge >= 0.3 is 17.9 Å². The molecule has 386 valence electrons. The first-order chi connectivity index (χ1) is 34.0. The van der Waals surface area contributed by atoms with Crippen LogP contribution in [0.5, 0.6) is 0 Å². The molecule has 0 N–H and O–H groups in total. The minimum atomic E-state index is -0.841. The zero-order valence-corrected chi connectivity index (χ0v) is 44.0. The third kappa shape index (κ3) is 54.1. The predicted molar refractivity (Wildman–Crippen MR) is 297 cm³/mol. The van der Waals surface area contributed by atoms with Gasteiger partial charge in [-0.25, -0.2) is 0 Å². The molecule has 0 saturated carbocycles. The fourth-order valence-electron chi connectivity index (χ4n) is 6.78. The van der Waals surface area contributed by atoms with E-state index in [0.29, 0.717) is 12.8 Å². The third-order valence-electron chi connectivity index (χ3n) is 10.8. The number of carbonyl (C=O) groups excluding carboxylic acids is 3. The fraction of sp³-hybridized carbons (Fsp3) is 0.571. The summed E-state index contributed by atoms with van der Waals surface area (Å²) in [4.78, 5) is 38.1. The molecule has 0 aromatic heterocycles. The highest BCUT2D eigenvalue weighted by Gasteiger charge is 2.19. The lowest BCUT2D eigenvalue weighted by molar-refractivity contribution is -0.167. The molecular formula is C63H98O6. The van der Waals surface area contributed by atoms with Crippen LogP contribution in [-0.2, 0) is 28.6 Å². The van der Waals surface area contributed by atoms with E-state index in [2.05, 4.69) is 167 Å². The molecule has 0 aromatic rings. The molecule has 0 aromatic carbocycles. The maximum Gasteiger partial charge on any atom is 0.306 e. The maximum atomic E-state index is 12.8. The van der Waals surface area contributed by atoms with Gasteiger partial charge in [0.2, 0.25) is 0 Å². The van der Waals surface area contributed by atoms with Crippen molar-refractivity contribution in [2.45, 2.75) is 219 Å². The van der Waals surface area contributed by atoms with Gasteiger partial charge in [-0.3, -0.25) is 14.4 Å². The smallest absolute Gasteiger partial charge is 0.306 e. The second-order valence-electron chi connectivity index (χ2n) is 17.4. The molecule has 0 heterocycles. The lowest BCUT2D eigenvalue weighted by Gasteiger charge is -2.18. The number of ether oxygens (including phenoxy) is 3. The van der Waals surface area contributed by atoms with E-state index in [1.807, 2.05) is 0 Å². The first-order valence-corrected chi connectivity index (χ1v) is 27.3. The van der Waals surface area contributed by atoms with Crippen LogP contribution in [0.3, 0.4) is 0 Å². The second kappa shape index (κ2) is 55.9. The summed E-state index contributed by atoms with van der Waals surface area (Å²) >= 11 is 0. The van der Waals surface area contributed by atoms with Crippen LogP contribution in [0.15, 0.2) is 146 Å². The van der Waals surface area contributed by atoms with Gasteiger partial charge in [0.05, 0.1) is 0 Å². The average molecular weight is 951 g/mol. The Balaban J connectivity index is 4.63. The molecular weight excluding hydrogens is 853 g/mol. The zero-order chi connectivity index (χ0) is 50.0. The highest BCUT2D eigenvalue weighted by Crippen LogP contribution is 2.11. The molecule has 69 heavy (non-hydrogen) atoms. The molecule has 0 bridgehead atoms. The van der Waals surface area contributed by atoms with Gasteiger partial charge in [0.15, 0.2) is 6.10 Å². The molecule has 1 atom stereocenters. The van der Waals surface area contributed by atoms with Gasteiger partial charge in [-0.15, -0.1) is 0 Å². The first-order valence-electron chi connectivity index (χ1n) is 27.3. The molecule has 0 aliphatic rings. The van der Waals surface area contributed by atoms with Gasteiger partial charge in [0, 0.05) is 19.3 Å². The van der Waals surface area contributed by atoms with Crippen molar-refractivity contribution in [2.75, 3.05) is 13.2 Å². The molecule has 0 aliphatic heterocycles. The van der Waals surface area contributed by atoms with Crippen molar-refractivity contribution in [2.24, 2.45) is 0 Å². The van der Waals surface area contributed by atoms with Crippen LogP contribution in [0.25, 0.3) is 0 Å². The lowest BCUT2D eigenvalue weighted by Crippen LogP contribution is -2.30. The van der Waals surface area contributed by atoms with Crippen molar-refractivity contribution in [3.05, 3.63) is 146 Å². The van der Waals surface area contributed by atoms with Crippen molar-refractivity contribution >= 4 is 17.9 Å². The van der Waals surface area contributed by atoms with Gasteiger partial charge in [-0.05, 0) is 128 Å². The number of hydrogen-bond donors (Lipinski definition) is 0. The van der Waals surface area contributed by atoms with E-state index in [4.69, 9.17) is 14.2 Å². The highest BCUT2D eigenvalue weighted by atomic mass is 16.6. The number of carbonyl (C=O) groups is 3. The normalized spacial score (nSPS) is 13.3. The topological polar surface area (TPSA) is 78.9 Å². The van der Waals surface area contributed by atoms with Crippen molar-refractivity contribution in [3.8, 4) is 0 Å². The van der Waals surface area contributed by atoms with Gasteiger partial charge in [-0.2, -0.15) is 0 Å². The summed E-state index contributed by atoms with van der Waals surface area (Å²) in [7, 11) is 0. The van der Waals surface area contributed by atoms with Crippen molar-refractivity contribution < 1.29 is 28.6 Å². The molecule has 6 nitrogen and oxygen atoms in total. The van der Waals surface area contributed by atoms with Crippen LogP contribution in [0.1, 0.15) is 213 Å². The number of allylic oxidation sites excluding steroid dienone is 24. The van der Waals surface area contributed by atoms with E-state index in [-0.39, 0.29) is 50.4 Å². The van der Waals surface area contributed by atoms with Crippen LogP contribution in [0.2, 0.25) is 0 Å². The van der Waals surface area contributed by atoms with Gasteiger partial charge in [0.1, 0.15) is 13.2 Å². The Kier molecular flexibility index (Phi) is 52.1. The molecule has 0 saturated heterocycles. The summed E-state index contributed by atoms with van der Waals surface area (Å²) in [6.07, 6.45) is 79.9. The zero-order valence-electron chi connectivity index (χ0n) is 44.0. The fourth-order valence-corrected chi connectivity index (χ4v) is 6.78. The minimum absolute atomic E-state index is 0.138. The average Bonchev–Trinajstić information content (AvgIpc) is 3.35. The summed E-state index contributed by atoms with van der Waals surface area (Å²) in [5.41, 5.74) is 0. The Morgan fingerprint density at radius 1 is 0.304 bits per heavy atom. The molecule has 0 rings (SSSR count). The summed E-state index contributed by atoms with van der Waals surface area (Å²) in [5, 5.41) is 0. The molecule has 0 amide bonds. The predicted octanol–water partition coefficient (Wildman–Crippen LogP) is 18.4. The maximum absolute atomic E-state index is 12.8. The van der Waals surface area contributed by atoms with Crippen LogP contribution < -0.4 is 0 Å². The molecule has 0 aliphatic carbocycles. The lowest BCUT2D eigenvalue weighted by atomic mass is 10.1. The first kappa shape index (κ1) is 64.3. The number of rotatable bonds is 47. The van der Waals surface area contributed by atoms with Crippen LogP contribution in [0, 0.1) is 0 Å². The quantitative estimate of drug-likeness (QED) is 0.0262. The van der Waals surface area contributed by atoms with Gasteiger partial charge < -0.3 is 14.2 Å². The SMILES string of the molecule is CC/C=C\C/C=C\C/C=C\C/C=C\C/C=C\CCCC(=O)OC[C@H](COC(=O)CCC/C=C\C/C=C\C/C=C\CCCCCCCC)OC(=O)CCCCCC/C=C\C/C=C\C/C=C\C/C=C\CC. The minimum Gasteiger partial charge on any atom is -0.462 e. The van der Waals surface area contributed by atoms with Gasteiger partial charge in [0.25, 0.3) is 0 Å². The van der Waals surface area contributed by atoms with Crippen LogP contribution >= 0.6 is 0 Å².